The number of ether oxygens (including phenoxy) is 2. The monoisotopic (exact) mass is 553 g/mol. The number of aromatic nitrogens is 1. The second-order valence-corrected chi connectivity index (χ2v) is 10.5. The topological polar surface area (TPSA) is 64.0 Å². The number of carbonyl (C=O) groups is 2. The summed E-state index contributed by atoms with van der Waals surface area (Å²) in [5.74, 6) is 1.15. The number of amides is 2. The van der Waals surface area contributed by atoms with Gasteiger partial charge in [-0.1, -0.05) is 68.4 Å². The lowest BCUT2D eigenvalue weighted by molar-refractivity contribution is -0.133. The van der Waals surface area contributed by atoms with Crippen LogP contribution in [0.15, 0.2) is 97.2 Å². The molecule has 0 atom stereocenters. The summed E-state index contributed by atoms with van der Waals surface area (Å²) in [6, 6.07) is 29.1. The maximum absolute atomic E-state index is 14.0. The number of para-hydroxylation sites is 1. The molecule has 0 aliphatic rings. The zero-order valence-corrected chi connectivity index (χ0v) is 24.3. The molecule has 4 rings (SSSR count). The van der Waals surface area contributed by atoms with Gasteiger partial charge in [-0.25, -0.2) is 0 Å². The minimum absolute atomic E-state index is 0.0293. The summed E-state index contributed by atoms with van der Waals surface area (Å²) >= 11 is 0. The summed E-state index contributed by atoms with van der Waals surface area (Å²) in [5, 5.41) is 0. The lowest BCUT2D eigenvalue weighted by atomic mass is 10.1. The summed E-state index contributed by atoms with van der Waals surface area (Å²) in [7, 11) is 3.21. The smallest absolute Gasteiger partial charge is 0.258 e. The molecule has 0 aliphatic carbocycles. The van der Waals surface area contributed by atoms with Gasteiger partial charge in [-0.2, -0.15) is 0 Å². The molecule has 0 radical (unpaired) electrons. The summed E-state index contributed by atoms with van der Waals surface area (Å²) in [6.07, 6.45) is 2.02. The van der Waals surface area contributed by atoms with E-state index in [1.165, 1.54) is 0 Å². The summed E-state index contributed by atoms with van der Waals surface area (Å²) in [6.45, 7) is 6.00. The Morgan fingerprint density at radius 3 is 2.24 bits per heavy atom. The molecular formula is C34H39N3O4. The van der Waals surface area contributed by atoms with Crippen molar-refractivity contribution < 1.29 is 19.1 Å². The molecule has 0 saturated heterocycles. The van der Waals surface area contributed by atoms with E-state index in [1.54, 1.807) is 31.3 Å². The van der Waals surface area contributed by atoms with E-state index in [1.807, 2.05) is 97.7 Å². The van der Waals surface area contributed by atoms with Crippen LogP contribution < -0.4 is 9.47 Å². The molecule has 7 heteroatoms. The molecule has 41 heavy (non-hydrogen) atoms. The molecule has 0 N–H and O–H groups in total. The van der Waals surface area contributed by atoms with Crippen molar-refractivity contribution in [2.75, 3.05) is 27.3 Å². The fraction of sp³-hybridized carbons (Fsp3) is 0.294. The van der Waals surface area contributed by atoms with E-state index in [-0.39, 0.29) is 24.3 Å². The number of carbonyl (C=O) groups excluding carboxylic acids is 2. The quantitative estimate of drug-likeness (QED) is 0.207. The van der Waals surface area contributed by atoms with Crippen LogP contribution in [0, 0.1) is 5.92 Å². The summed E-state index contributed by atoms with van der Waals surface area (Å²) < 4.78 is 13.0. The van der Waals surface area contributed by atoms with Crippen LogP contribution in [0.4, 0.5) is 0 Å². The number of methoxy groups -OCH3 is 2. The van der Waals surface area contributed by atoms with E-state index in [9.17, 15) is 9.59 Å². The largest absolute Gasteiger partial charge is 0.497 e. The fourth-order valence-electron chi connectivity index (χ4n) is 4.86. The second-order valence-electron chi connectivity index (χ2n) is 10.5. The van der Waals surface area contributed by atoms with Gasteiger partial charge in [0.05, 0.1) is 26.3 Å². The average Bonchev–Trinajstić information content (AvgIpc) is 3.42. The number of hydrogen-bond acceptors (Lipinski definition) is 4. The average molecular weight is 554 g/mol. The van der Waals surface area contributed by atoms with Gasteiger partial charge in [0, 0.05) is 31.5 Å². The number of rotatable bonds is 13. The molecule has 0 unspecified atom stereocenters. The second kappa shape index (κ2) is 14.2. The van der Waals surface area contributed by atoms with Crippen molar-refractivity contribution in [1.29, 1.82) is 0 Å². The highest BCUT2D eigenvalue weighted by atomic mass is 16.5. The Morgan fingerprint density at radius 2 is 1.51 bits per heavy atom. The zero-order chi connectivity index (χ0) is 29.2. The first-order valence-corrected chi connectivity index (χ1v) is 13.9. The number of hydrogen-bond donors (Lipinski definition) is 0. The molecule has 0 saturated carbocycles. The zero-order valence-electron chi connectivity index (χ0n) is 24.3. The Kier molecular flexibility index (Phi) is 10.2. The number of benzene rings is 3. The van der Waals surface area contributed by atoms with Crippen LogP contribution in [0.2, 0.25) is 0 Å². The highest BCUT2D eigenvalue weighted by Gasteiger charge is 2.25. The van der Waals surface area contributed by atoms with Crippen molar-refractivity contribution >= 4 is 11.8 Å². The SMILES string of the molecule is COc1cccc(Cn2cccc2CN(Cc2ccccc2)C(=O)CN(CC(C)C)C(=O)c2ccccc2OC)c1. The fourth-order valence-corrected chi connectivity index (χ4v) is 4.86. The minimum atomic E-state index is -0.217. The van der Waals surface area contributed by atoms with Crippen LogP contribution in [0.3, 0.4) is 0 Å². The molecule has 1 aromatic heterocycles. The highest BCUT2D eigenvalue weighted by Crippen LogP contribution is 2.21. The van der Waals surface area contributed by atoms with E-state index >= 15 is 0 Å². The van der Waals surface area contributed by atoms with Gasteiger partial charge >= 0.3 is 0 Å². The van der Waals surface area contributed by atoms with Crippen molar-refractivity contribution in [3.63, 3.8) is 0 Å². The van der Waals surface area contributed by atoms with E-state index < -0.39 is 0 Å². The first-order valence-electron chi connectivity index (χ1n) is 13.9. The van der Waals surface area contributed by atoms with Gasteiger partial charge in [0.15, 0.2) is 0 Å². The molecule has 1 heterocycles. The van der Waals surface area contributed by atoms with Crippen molar-refractivity contribution in [3.05, 3.63) is 120 Å². The van der Waals surface area contributed by atoms with Gasteiger partial charge in [-0.05, 0) is 53.4 Å². The maximum Gasteiger partial charge on any atom is 0.258 e. The minimum Gasteiger partial charge on any atom is -0.497 e. The van der Waals surface area contributed by atoms with Crippen molar-refractivity contribution in [1.82, 2.24) is 14.4 Å². The molecule has 4 aromatic rings. The van der Waals surface area contributed by atoms with Crippen molar-refractivity contribution in [3.8, 4) is 11.5 Å². The van der Waals surface area contributed by atoms with Gasteiger partial charge < -0.3 is 23.8 Å². The Hall–Kier alpha value is -4.52. The molecule has 2 amide bonds. The Balaban J connectivity index is 1.59. The maximum atomic E-state index is 14.0. The predicted molar refractivity (Wildman–Crippen MR) is 161 cm³/mol. The van der Waals surface area contributed by atoms with Gasteiger partial charge in [0.25, 0.3) is 5.91 Å². The van der Waals surface area contributed by atoms with E-state index in [2.05, 4.69) is 10.6 Å². The lowest BCUT2D eigenvalue weighted by Crippen LogP contribution is -2.44. The van der Waals surface area contributed by atoms with Gasteiger partial charge in [0.1, 0.15) is 18.0 Å². The van der Waals surface area contributed by atoms with Gasteiger partial charge in [0.2, 0.25) is 5.91 Å². The molecule has 0 fully saturated rings. The van der Waals surface area contributed by atoms with Crippen LogP contribution in [-0.4, -0.2) is 53.5 Å². The van der Waals surface area contributed by atoms with Crippen LogP contribution in [0.25, 0.3) is 0 Å². The van der Waals surface area contributed by atoms with Gasteiger partial charge in [-0.3, -0.25) is 9.59 Å². The normalized spacial score (nSPS) is 10.9. The Labute approximate surface area is 242 Å². The Bertz CT molecular complexity index is 1430. The van der Waals surface area contributed by atoms with Crippen molar-refractivity contribution in [2.45, 2.75) is 33.5 Å². The molecule has 3 aromatic carbocycles. The molecule has 0 spiro atoms. The van der Waals surface area contributed by atoms with Crippen LogP contribution >= 0.6 is 0 Å². The van der Waals surface area contributed by atoms with E-state index in [0.717, 1.165) is 22.6 Å². The van der Waals surface area contributed by atoms with Crippen molar-refractivity contribution in [2.24, 2.45) is 5.92 Å². The highest BCUT2D eigenvalue weighted by molar-refractivity contribution is 5.98. The summed E-state index contributed by atoms with van der Waals surface area (Å²) in [5.41, 5.74) is 3.58. The summed E-state index contributed by atoms with van der Waals surface area (Å²) in [4.78, 5) is 31.1. The lowest BCUT2D eigenvalue weighted by Gasteiger charge is -2.29. The number of nitrogens with zero attached hydrogens (tertiary/aromatic N) is 3. The Morgan fingerprint density at radius 1 is 0.780 bits per heavy atom. The molecule has 7 nitrogen and oxygen atoms in total. The standard InChI is InChI=1S/C34H39N3O4/c1-26(2)21-37(34(39)31-17-8-9-18-32(31)41-4)25-33(38)36(22-27-12-6-5-7-13-27)24-29-15-11-19-35(29)23-28-14-10-16-30(20-28)40-3/h5-20,26H,21-25H2,1-4H3. The molecule has 0 bridgehead atoms. The molecule has 0 aliphatic heterocycles. The third-order valence-corrected chi connectivity index (χ3v) is 6.87. The third-order valence-electron chi connectivity index (χ3n) is 6.87. The van der Waals surface area contributed by atoms with Crippen LogP contribution in [0.1, 0.15) is 41.0 Å². The van der Waals surface area contributed by atoms with Gasteiger partial charge in [-0.15, -0.1) is 0 Å². The molecular weight excluding hydrogens is 514 g/mol. The molecule has 214 valence electrons. The van der Waals surface area contributed by atoms with E-state index in [0.29, 0.717) is 37.5 Å². The van der Waals surface area contributed by atoms with E-state index in [4.69, 9.17) is 9.47 Å². The van der Waals surface area contributed by atoms with Crippen LogP contribution in [0.5, 0.6) is 11.5 Å². The predicted octanol–water partition coefficient (Wildman–Crippen LogP) is 5.88. The first kappa shape index (κ1) is 29.5. The third kappa shape index (κ3) is 8.01. The van der Waals surface area contributed by atoms with Crippen LogP contribution in [-0.2, 0) is 24.4 Å². The first-order chi connectivity index (χ1) is 19.9.